The summed E-state index contributed by atoms with van der Waals surface area (Å²) in [5, 5.41) is 0. The third-order valence-electron chi connectivity index (χ3n) is 4.49. The zero-order chi connectivity index (χ0) is 15.5. The number of rotatable bonds is 4. The molecule has 1 fully saturated rings. The van der Waals surface area contributed by atoms with E-state index in [1.54, 1.807) is 0 Å². The molecule has 22 heavy (non-hydrogen) atoms. The molecule has 1 heterocycles. The SMILES string of the molecule is C=C1C=C2CCCN(CCC)C2C=C1Oc1ccccc1C. The van der Waals surface area contributed by atoms with Crippen molar-refractivity contribution in [2.24, 2.45) is 0 Å². The zero-order valence-corrected chi connectivity index (χ0v) is 13.6. The van der Waals surface area contributed by atoms with Gasteiger partial charge in [-0.25, -0.2) is 0 Å². The Bertz CT molecular complexity index is 624. The molecule has 1 atom stereocenters. The van der Waals surface area contributed by atoms with Gasteiger partial charge in [0.1, 0.15) is 11.5 Å². The van der Waals surface area contributed by atoms with Gasteiger partial charge >= 0.3 is 0 Å². The standard InChI is InChI=1S/C20H25NO/c1-4-11-21-12-7-9-17-13-16(3)20(14-18(17)21)22-19-10-6-5-8-15(19)2/h5-6,8,10,13-14,18H,3-4,7,9,11-12H2,1-2H3. The van der Waals surface area contributed by atoms with Gasteiger partial charge in [0.2, 0.25) is 0 Å². The lowest BCUT2D eigenvalue weighted by atomic mass is 9.88. The minimum absolute atomic E-state index is 0.387. The minimum Gasteiger partial charge on any atom is -0.457 e. The highest BCUT2D eigenvalue weighted by atomic mass is 16.5. The molecule has 1 saturated heterocycles. The summed E-state index contributed by atoms with van der Waals surface area (Å²) in [7, 11) is 0. The average Bonchev–Trinajstić information content (AvgIpc) is 2.51. The third kappa shape index (κ3) is 3.02. The molecular formula is C20H25NO. The maximum absolute atomic E-state index is 6.16. The Morgan fingerprint density at radius 1 is 1.32 bits per heavy atom. The number of fused-ring (bicyclic) bond motifs is 1. The predicted molar refractivity (Wildman–Crippen MR) is 92.0 cm³/mol. The molecule has 0 spiro atoms. The number of hydrogen-bond donors (Lipinski definition) is 0. The molecule has 2 aliphatic rings. The van der Waals surface area contributed by atoms with Gasteiger partial charge in [-0.3, -0.25) is 4.90 Å². The van der Waals surface area contributed by atoms with E-state index < -0.39 is 0 Å². The van der Waals surface area contributed by atoms with Gasteiger partial charge in [0.05, 0.1) is 6.04 Å². The van der Waals surface area contributed by atoms with Crippen molar-refractivity contribution >= 4 is 0 Å². The lowest BCUT2D eigenvalue weighted by molar-refractivity contribution is 0.216. The van der Waals surface area contributed by atoms with Gasteiger partial charge in [0, 0.05) is 5.57 Å². The number of para-hydroxylation sites is 1. The Balaban J connectivity index is 1.85. The third-order valence-corrected chi connectivity index (χ3v) is 4.49. The molecule has 0 saturated carbocycles. The molecule has 0 amide bonds. The van der Waals surface area contributed by atoms with Gasteiger partial charge in [-0.15, -0.1) is 0 Å². The molecule has 3 rings (SSSR count). The fourth-order valence-electron chi connectivity index (χ4n) is 3.35. The monoisotopic (exact) mass is 295 g/mol. The Morgan fingerprint density at radius 3 is 2.91 bits per heavy atom. The number of aryl methyl sites for hydroxylation is 1. The molecule has 0 aromatic heterocycles. The fourth-order valence-corrected chi connectivity index (χ4v) is 3.35. The summed E-state index contributed by atoms with van der Waals surface area (Å²) in [5.41, 5.74) is 3.63. The lowest BCUT2D eigenvalue weighted by Crippen LogP contribution is -2.41. The van der Waals surface area contributed by atoms with Gasteiger partial charge in [-0.05, 0) is 62.6 Å². The highest BCUT2D eigenvalue weighted by Crippen LogP contribution is 2.33. The van der Waals surface area contributed by atoms with E-state index in [-0.39, 0.29) is 0 Å². The highest BCUT2D eigenvalue weighted by molar-refractivity contribution is 5.47. The van der Waals surface area contributed by atoms with Crippen LogP contribution in [0.25, 0.3) is 0 Å². The van der Waals surface area contributed by atoms with Crippen molar-refractivity contribution in [3.8, 4) is 5.75 Å². The fraction of sp³-hybridized carbons (Fsp3) is 0.400. The summed E-state index contributed by atoms with van der Waals surface area (Å²) in [6.45, 7) is 10.8. The van der Waals surface area contributed by atoms with Crippen molar-refractivity contribution in [3.63, 3.8) is 0 Å². The summed E-state index contributed by atoms with van der Waals surface area (Å²) in [6.07, 6.45) is 8.11. The number of hydrogen-bond acceptors (Lipinski definition) is 2. The Morgan fingerprint density at radius 2 is 2.14 bits per heavy atom. The summed E-state index contributed by atoms with van der Waals surface area (Å²) in [6, 6.07) is 8.53. The quantitative estimate of drug-likeness (QED) is 0.803. The minimum atomic E-state index is 0.387. The Kier molecular flexibility index (Phi) is 4.49. The van der Waals surface area contributed by atoms with E-state index in [2.05, 4.69) is 43.5 Å². The van der Waals surface area contributed by atoms with E-state index in [9.17, 15) is 0 Å². The van der Waals surface area contributed by atoms with Gasteiger partial charge < -0.3 is 4.74 Å². The van der Waals surface area contributed by atoms with E-state index in [1.807, 2.05) is 18.2 Å². The number of ether oxygens (including phenoxy) is 1. The van der Waals surface area contributed by atoms with Crippen LogP contribution in [0.1, 0.15) is 31.7 Å². The summed E-state index contributed by atoms with van der Waals surface area (Å²) < 4.78 is 6.16. The second kappa shape index (κ2) is 6.53. The first kappa shape index (κ1) is 15.1. The van der Waals surface area contributed by atoms with Crippen LogP contribution in [-0.2, 0) is 0 Å². The first-order valence-electron chi connectivity index (χ1n) is 8.28. The van der Waals surface area contributed by atoms with Crippen LogP contribution in [0.5, 0.6) is 5.75 Å². The van der Waals surface area contributed by atoms with Crippen LogP contribution in [0.3, 0.4) is 0 Å². The van der Waals surface area contributed by atoms with E-state index in [0.29, 0.717) is 6.04 Å². The molecule has 0 bridgehead atoms. The zero-order valence-electron chi connectivity index (χ0n) is 13.6. The smallest absolute Gasteiger partial charge is 0.131 e. The van der Waals surface area contributed by atoms with Crippen LogP contribution in [0.15, 0.2) is 59.9 Å². The van der Waals surface area contributed by atoms with E-state index in [0.717, 1.165) is 29.2 Å². The Labute approximate surface area is 133 Å². The average molecular weight is 295 g/mol. The summed E-state index contributed by atoms with van der Waals surface area (Å²) >= 11 is 0. The van der Waals surface area contributed by atoms with Crippen molar-refractivity contribution in [1.29, 1.82) is 0 Å². The maximum Gasteiger partial charge on any atom is 0.131 e. The van der Waals surface area contributed by atoms with Crippen LogP contribution in [0, 0.1) is 6.92 Å². The van der Waals surface area contributed by atoms with E-state index in [1.165, 1.54) is 31.4 Å². The Hall–Kier alpha value is -1.80. The molecule has 1 aliphatic carbocycles. The van der Waals surface area contributed by atoms with Gasteiger partial charge in [0.15, 0.2) is 0 Å². The van der Waals surface area contributed by atoms with Gasteiger partial charge in [-0.2, -0.15) is 0 Å². The van der Waals surface area contributed by atoms with Crippen molar-refractivity contribution in [2.75, 3.05) is 13.1 Å². The van der Waals surface area contributed by atoms with Crippen LogP contribution >= 0.6 is 0 Å². The van der Waals surface area contributed by atoms with Gasteiger partial charge in [0.25, 0.3) is 0 Å². The van der Waals surface area contributed by atoms with Crippen LogP contribution < -0.4 is 4.74 Å². The van der Waals surface area contributed by atoms with E-state index in [4.69, 9.17) is 4.74 Å². The van der Waals surface area contributed by atoms with Crippen LogP contribution in [0.2, 0.25) is 0 Å². The van der Waals surface area contributed by atoms with Crippen molar-refractivity contribution in [1.82, 2.24) is 4.90 Å². The number of piperidine rings is 1. The topological polar surface area (TPSA) is 12.5 Å². The highest BCUT2D eigenvalue weighted by Gasteiger charge is 2.28. The lowest BCUT2D eigenvalue weighted by Gasteiger charge is -2.38. The largest absolute Gasteiger partial charge is 0.457 e. The first-order valence-corrected chi connectivity index (χ1v) is 8.28. The molecule has 116 valence electrons. The normalized spacial score (nSPS) is 21.9. The molecule has 1 unspecified atom stereocenters. The number of allylic oxidation sites excluding steroid dienone is 1. The van der Waals surface area contributed by atoms with Crippen molar-refractivity contribution < 1.29 is 4.74 Å². The first-order chi connectivity index (χ1) is 10.7. The van der Waals surface area contributed by atoms with Gasteiger partial charge in [-0.1, -0.05) is 37.8 Å². The molecule has 2 heteroatoms. The summed E-state index contributed by atoms with van der Waals surface area (Å²) in [4.78, 5) is 2.56. The number of nitrogens with zero attached hydrogens (tertiary/aromatic N) is 1. The molecular weight excluding hydrogens is 270 g/mol. The predicted octanol–water partition coefficient (Wildman–Crippen LogP) is 4.63. The number of benzene rings is 1. The molecule has 1 aromatic rings. The van der Waals surface area contributed by atoms with Crippen LogP contribution in [-0.4, -0.2) is 24.0 Å². The second-order valence-electron chi connectivity index (χ2n) is 6.23. The second-order valence-corrected chi connectivity index (χ2v) is 6.23. The van der Waals surface area contributed by atoms with Crippen molar-refractivity contribution in [3.05, 3.63) is 65.5 Å². The number of likely N-dealkylation sites (tertiary alicyclic amines) is 1. The van der Waals surface area contributed by atoms with Crippen molar-refractivity contribution in [2.45, 2.75) is 39.2 Å². The maximum atomic E-state index is 6.16. The molecule has 1 aliphatic heterocycles. The molecule has 0 N–H and O–H groups in total. The van der Waals surface area contributed by atoms with E-state index >= 15 is 0 Å². The molecule has 1 aromatic carbocycles. The molecule has 2 nitrogen and oxygen atoms in total. The van der Waals surface area contributed by atoms with Crippen LogP contribution in [0.4, 0.5) is 0 Å². The summed E-state index contributed by atoms with van der Waals surface area (Å²) in [5.74, 6) is 1.83. The molecule has 0 radical (unpaired) electrons.